The van der Waals surface area contributed by atoms with E-state index in [0.29, 0.717) is 35.7 Å². The van der Waals surface area contributed by atoms with Crippen molar-refractivity contribution in [3.63, 3.8) is 0 Å². The molecule has 0 aliphatic rings. The third kappa shape index (κ3) is 10.5. The van der Waals surface area contributed by atoms with E-state index in [2.05, 4.69) is 25.9 Å². The molecule has 49 heavy (non-hydrogen) atoms. The molecule has 3 amide bonds. The Bertz CT molecular complexity index is 1860. The van der Waals surface area contributed by atoms with Crippen LogP contribution in [0, 0.1) is 0 Å². The van der Waals surface area contributed by atoms with Gasteiger partial charge in [-0.1, -0.05) is 54.6 Å². The Morgan fingerprint density at radius 1 is 0.959 bits per heavy atom. The molecule has 14 heteroatoms. The Morgan fingerprint density at radius 3 is 2.39 bits per heavy atom. The summed E-state index contributed by atoms with van der Waals surface area (Å²) in [7, 11) is 1.53. The highest BCUT2D eigenvalue weighted by molar-refractivity contribution is 6.02. The standard InChI is InChI=1S/C35H40N8O6/c1-22(2)41-32-34(46)43(29(19-40-32)26-15-27(17-28(36)16-26)33(45)38-13-14-48-3)20-30(44)39-18-23-9-11-25(12-10-23)31(37)42-35(47)49-21-24-7-5-4-6-8-24/h4-12,15-17,19,22H,13-14,18,20-21,36H2,1-3H3,(H,38,45)(H,39,44)(H,40,41)(H2,37,42,47). The Balaban J connectivity index is 1.46. The molecule has 0 radical (unpaired) electrons. The van der Waals surface area contributed by atoms with Crippen LogP contribution in [-0.4, -0.2) is 59.6 Å². The molecule has 14 nitrogen and oxygen atoms in total. The number of hydrogen-bond donors (Lipinski definition) is 5. The van der Waals surface area contributed by atoms with Gasteiger partial charge in [0.05, 0.1) is 18.5 Å². The number of nitrogen functional groups attached to an aromatic ring is 1. The summed E-state index contributed by atoms with van der Waals surface area (Å²) in [5, 5.41) is 8.57. The van der Waals surface area contributed by atoms with Crippen LogP contribution in [0.25, 0.3) is 11.3 Å². The van der Waals surface area contributed by atoms with Gasteiger partial charge in [-0.2, -0.15) is 4.99 Å². The number of amides is 3. The average Bonchev–Trinajstić information content (AvgIpc) is 3.08. The molecule has 0 bridgehead atoms. The van der Waals surface area contributed by atoms with Crippen LogP contribution in [0.15, 0.2) is 88.8 Å². The van der Waals surface area contributed by atoms with Gasteiger partial charge in [-0.15, -0.1) is 0 Å². The van der Waals surface area contributed by atoms with Gasteiger partial charge in [-0.05, 0) is 43.2 Å². The molecule has 256 valence electrons. The van der Waals surface area contributed by atoms with Gasteiger partial charge >= 0.3 is 6.09 Å². The zero-order valence-electron chi connectivity index (χ0n) is 27.6. The smallest absolute Gasteiger partial charge is 0.435 e. The van der Waals surface area contributed by atoms with Gasteiger partial charge in [0.25, 0.3) is 11.5 Å². The zero-order valence-corrected chi connectivity index (χ0v) is 27.6. The summed E-state index contributed by atoms with van der Waals surface area (Å²) in [5.41, 5.74) is 15.0. The number of nitrogens with zero attached hydrogens (tertiary/aromatic N) is 3. The Labute approximate surface area is 283 Å². The molecule has 0 aliphatic carbocycles. The first-order valence-corrected chi connectivity index (χ1v) is 15.5. The van der Waals surface area contributed by atoms with Crippen LogP contribution in [0.4, 0.5) is 16.3 Å². The third-order valence-electron chi connectivity index (χ3n) is 7.04. The number of carbonyl (C=O) groups excluding carboxylic acids is 3. The van der Waals surface area contributed by atoms with Crippen LogP contribution in [0.5, 0.6) is 0 Å². The number of carbonyl (C=O) groups is 3. The minimum Gasteiger partial charge on any atom is -0.443 e. The molecule has 0 spiro atoms. The van der Waals surface area contributed by atoms with E-state index >= 15 is 0 Å². The van der Waals surface area contributed by atoms with Crippen molar-refractivity contribution in [3.8, 4) is 11.3 Å². The first kappa shape index (κ1) is 35.8. The van der Waals surface area contributed by atoms with Crippen molar-refractivity contribution in [1.29, 1.82) is 0 Å². The molecule has 0 fully saturated rings. The van der Waals surface area contributed by atoms with Crippen molar-refractivity contribution < 1.29 is 23.9 Å². The fourth-order valence-electron chi connectivity index (χ4n) is 4.65. The minimum atomic E-state index is -0.810. The van der Waals surface area contributed by atoms with E-state index in [1.807, 2.05) is 44.2 Å². The Morgan fingerprint density at radius 2 is 1.69 bits per heavy atom. The SMILES string of the molecule is COCCNC(=O)c1cc(N)cc(-c2cnc(NC(C)C)c(=O)n2CC(=O)NCc2ccc(/C(N)=N/C(=O)OCc3ccccc3)cc2)c1. The summed E-state index contributed by atoms with van der Waals surface area (Å²) in [6.45, 7) is 4.24. The van der Waals surface area contributed by atoms with E-state index in [4.69, 9.17) is 20.9 Å². The first-order chi connectivity index (χ1) is 23.5. The molecule has 0 atom stereocenters. The van der Waals surface area contributed by atoms with E-state index in [-0.39, 0.29) is 48.9 Å². The van der Waals surface area contributed by atoms with Gasteiger partial charge < -0.3 is 36.9 Å². The van der Waals surface area contributed by atoms with Gasteiger partial charge in [0.1, 0.15) is 19.0 Å². The minimum absolute atomic E-state index is 0.0128. The average molecular weight is 669 g/mol. The van der Waals surface area contributed by atoms with E-state index in [1.54, 1.807) is 36.4 Å². The maximum absolute atomic E-state index is 13.6. The summed E-state index contributed by atoms with van der Waals surface area (Å²) in [4.78, 5) is 59.7. The molecule has 1 heterocycles. The number of nitrogens with one attached hydrogen (secondary N) is 3. The predicted molar refractivity (Wildman–Crippen MR) is 187 cm³/mol. The van der Waals surface area contributed by atoms with E-state index in [0.717, 1.165) is 11.1 Å². The molecule has 0 unspecified atom stereocenters. The fourth-order valence-corrected chi connectivity index (χ4v) is 4.65. The molecule has 0 saturated heterocycles. The fraction of sp³-hybridized carbons (Fsp3) is 0.257. The lowest BCUT2D eigenvalue weighted by Gasteiger charge is -2.17. The topological polar surface area (TPSA) is 205 Å². The predicted octanol–water partition coefficient (Wildman–Crippen LogP) is 3.05. The van der Waals surface area contributed by atoms with Crippen LogP contribution < -0.4 is 33.0 Å². The number of nitrogens with two attached hydrogens (primary N) is 2. The van der Waals surface area contributed by atoms with E-state index in [1.165, 1.54) is 23.9 Å². The molecule has 0 aliphatic heterocycles. The lowest BCUT2D eigenvalue weighted by Crippen LogP contribution is -2.35. The second-order valence-corrected chi connectivity index (χ2v) is 11.3. The Hall–Kier alpha value is -6.02. The number of aliphatic imine (C=N–C) groups is 1. The van der Waals surface area contributed by atoms with Gasteiger partial charge in [-0.3, -0.25) is 19.0 Å². The van der Waals surface area contributed by atoms with Crippen LogP contribution in [0.3, 0.4) is 0 Å². The summed E-state index contributed by atoms with van der Waals surface area (Å²) < 4.78 is 11.4. The molecule has 7 N–H and O–H groups in total. The summed E-state index contributed by atoms with van der Waals surface area (Å²) >= 11 is 0. The first-order valence-electron chi connectivity index (χ1n) is 15.5. The van der Waals surface area contributed by atoms with Crippen LogP contribution in [0.2, 0.25) is 0 Å². The van der Waals surface area contributed by atoms with Crippen molar-refractivity contribution in [2.24, 2.45) is 10.7 Å². The largest absolute Gasteiger partial charge is 0.443 e. The van der Waals surface area contributed by atoms with E-state index < -0.39 is 17.6 Å². The molecule has 4 rings (SSSR count). The molecular formula is C35H40N8O6. The van der Waals surface area contributed by atoms with Crippen molar-refractivity contribution in [3.05, 3.63) is 112 Å². The van der Waals surface area contributed by atoms with Crippen molar-refractivity contribution in [2.75, 3.05) is 31.3 Å². The highest BCUT2D eigenvalue weighted by atomic mass is 16.5. The van der Waals surface area contributed by atoms with Gasteiger partial charge in [0.2, 0.25) is 5.91 Å². The van der Waals surface area contributed by atoms with Crippen LogP contribution in [0.1, 0.15) is 40.9 Å². The lowest BCUT2D eigenvalue weighted by atomic mass is 10.1. The van der Waals surface area contributed by atoms with Gasteiger partial charge in [0.15, 0.2) is 5.82 Å². The highest BCUT2D eigenvalue weighted by Gasteiger charge is 2.18. The number of aromatic nitrogens is 2. The van der Waals surface area contributed by atoms with Crippen molar-refractivity contribution >= 4 is 35.2 Å². The normalized spacial score (nSPS) is 11.2. The second-order valence-electron chi connectivity index (χ2n) is 11.3. The number of methoxy groups -OCH3 is 1. The maximum Gasteiger partial charge on any atom is 0.435 e. The summed E-state index contributed by atoms with van der Waals surface area (Å²) in [5.74, 6) is -0.754. The van der Waals surface area contributed by atoms with Crippen molar-refractivity contribution in [2.45, 2.75) is 39.6 Å². The van der Waals surface area contributed by atoms with Crippen LogP contribution in [-0.2, 0) is 34.0 Å². The molecule has 4 aromatic rings. The number of benzene rings is 3. The number of anilines is 2. The van der Waals surface area contributed by atoms with Crippen LogP contribution >= 0.6 is 0 Å². The lowest BCUT2D eigenvalue weighted by molar-refractivity contribution is -0.121. The number of hydrogen-bond acceptors (Lipinski definition) is 9. The molecule has 0 saturated carbocycles. The summed E-state index contributed by atoms with van der Waals surface area (Å²) in [6.07, 6.45) is 0.651. The molecule has 1 aromatic heterocycles. The monoisotopic (exact) mass is 668 g/mol. The number of ether oxygens (including phenoxy) is 2. The second kappa shape index (κ2) is 17.2. The number of rotatable bonds is 14. The molecular weight excluding hydrogens is 628 g/mol. The summed E-state index contributed by atoms with van der Waals surface area (Å²) in [6, 6.07) is 20.6. The third-order valence-corrected chi connectivity index (χ3v) is 7.04. The molecule has 3 aromatic carbocycles. The van der Waals surface area contributed by atoms with Gasteiger partial charge in [-0.25, -0.2) is 9.78 Å². The zero-order chi connectivity index (χ0) is 35.3. The van der Waals surface area contributed by atoms with E-state index in [9.17, 15) is 19.2 Å². The van der Waals surface area contributed by atoms with Crippen molar-refractivity contribution in [1.82, 2.24) is 20.2 Å². The van der Waals surface area contributed by atoms with Gasteiger partial charge in [0, 0.05) is 48.6 Å². The highest BCUT2D eigenvalue weighted by Crippen LogP contribution is 2.23. The number of amidine groups is 1. The maximum atomic E-state index is 13.6. The Kier molecular flexibility index (Phi) is 12.6. The quantitative estimate of drug-likeness (QED) is 0.0575.